The highest BCUT2D eigenvalue weighted by atomic mass is 16.3. The van der Waals surface area contributed by atoms with Gasteiger partial charge in [0.15, 0.2) is 0 Å². The van der Waals surface area contributed by atoms with Gasteiger partial charge in [-0.1, -0.05) is 115 Å². The zero-order valence-corrected chi connectivity index (χ0v) is 21.1. The van der Waals surface area contributed by atoms with E-state index in [0.29, 0.717) is 0 Å². The topological polar surface area (TPSA) is 13.1 Å². The number of furan rings is 1. The quantitative estimate of drug-likeness (QED) is 0.218. The molecule has 0 aliphatic carbocycles. The second-order valence-electron chi connectivity index (χ2n) is 10.5. The first-order chi connectivity index (χ1) is 19.3. The van der Waals surface area contributed by atoms with E-state index in [1.54, 1.807) is 0 Å². The van der Waals surface area contributed by atoms with Crippen molar-refractivity contribution in [2.45, 2.75) is 0 Å². The van der Waals surface area contributed by atoms with E-state index in [2.05, 4.69) is 121 Å². The Morgan fingerprint density at radius 2 is 0.923 bits per heavy atom. The van der Waals surface area contributed by atoms with Crippen LogP contribution in [0.15, 0.2) is 138 Å². The van der Waals surface area contributed by atoms with Gasteiger partial charge in [0.25, 0.3) is 0 Å². The van der Waals surface area contributed by atoms with Crippen LogP contribution in [0.3, 0.4) is 0 Å². The minimum absolute atomic E-state index is 0.925. The molecule has 8 aromatic carbocycles. The smallest absolute Gasteiger partial charge is 0.135 e. The average molecular weight is 495 g/mol. The highest BCUT2D eigenvalue weighted by Gasteiger charge is 2.16. The molecule has 0 fully saturated rings. The molecule has 0 aliphatic rings. The first-order valence-electron chi connectivity index (χ1n) is 13.4. The van der Waals surface area contributed by atoms with E-state index < -0.39 is 0 Å². The van der Waals surface area contributed by atoms with Crippen molar-refractivity contribution in [3.05, 3.63) is 133 Å². The van der Waals surface area contributed by atoms with Gasteiger partial charge in [0.05, 0.1) is 0 Å². The monoisotopic (exact) mass is 494 g/mol. The van der Waals surface area contributed by atoms with Gasteiger partial charge in [-0.05, 0) is 83.5 Å². The lowest BCUT2D eigenvalue weighted by Crippen LogP contribution is -1.89. The number of benzene rings is 8. The standard InChI is InChI=1S/C38H22O/c1-2-9-29-28(8-1)27(26-16-21-36-34(22-26)32-10-3-4-11-35(32)39-36)19-20-30(29)31-17-14-25-13-12-23-6-5-7-24-15-18-33(31)38(25)37(23)24/h1-22H. The molecule has 0 saturated carbocycles. The maximum absolute atomic E-state index is 6.10. The second-order valence-corrected chi connectivity index (χ2v) is 10.5. The Bertz CT molecular complexity index is 2370. The first kappa shape index (κ1) is 20.9. The van der Waals surface area contributed by atoms with Gasteiger partial charge < -0.3 is 4.42 Å². The minimum atomic E-state index is 0.925. The van der Waals surface area contributed by atoms with Crippen LogP contribution in [0.5, 0.6) is 0 Å². The van der Waals surface area contributed by atoms with Gasteiger partial charge in [-0.3, -0.25) is 0 Å². The van der Waals surface area contributed by atoms with E-state index in [9.17, 15) is 0 Å². The molecule has 0 radical (unpaired) electrons. The second kappa shape index (κ2) is 7.69. The summed E-state index contributed by atoms with van der Waals surface area (Å²) in [6.07, 6.45) is 0. The van der Waals surface area contributed by atoms with E-state index in [1.807, 2.05) is 12.1 Å². The maximum atomic E-state index is 6.10. The van der Waals surface area contributed by atoms with Crippen molar-refractivity contribution in [2.75, 3.05) is 0 Å². The van der Waals surface area contributed by atoms with E-state index in [-0.39, 0.29) is 0 Å². The summed E-state index contributed by atoms with van der Waals surface area (Å²) in [6, 6.07) is 48.5. The van der Waals surface area contributed by atoms with Crippen LogP contribution in [-0.2, 0) is 0 Å². The summed E-state index contributed by atoms with van der Waals surface area (Å²) in [5.41, 5.74) is 6.83. The van der Waals surface area contributed by atoms with Crippen molar-refractivity contribution in [2.24, 2.45) is 0 Å². The van der Waals surface area contributed by atoms with Crippen LogP contribution in [0, 0.1) is 0 Å². The normalized spacial score (nSPS) is 12.1. The van der Waals surface area contributed by atoms with Crippen molar-refractivity contribution in [1.82, 2.24) is 0 Å². The molecule has 0 atom stereocenters. The third-order valence-electron chi connectivity index (χ3n) is 8.43. The zero-order valence-electron chi connectivity index (χ0n) is 21.1. The molecule has 1 aromatic heterocycles. The number of hydrogen-bond acceptors (Lipinski definition) is 1. The van der Waals surface area contributed by atoms with Crippen LogP contribution >= 0.6 is 0 Å². The Balaban J connectivity index is 1.31. The Morgan fingerprint density at radius 1 is 0.333 bits per heavy atom. The third-order valence-corrected chi connectivity index (χ3v) is 8.43. The molecule has 1 heterocycles. The molecule has 0 N–H and O–H groups in total. The fourth-order valence-electron chi connectivity index (χ4n) is 6.65. The van der Waals surface area contributed by atoms with Crippen LogP contribution in [-0.4, -0.2) is 0 Å². The molecule has 1 heteroatoms. The Morgan fingerprint density at radius 3 is 1.77 bits per heavy atom. The number of hydrogen-bond donors (Lipinski definition) is 0. The molecule has 0 saturated heterocycles. The molecular weight excluding hydrogens is 472 g/mol. The van der Waals surface area contributed by atoms with Gasteiger partial charge in [0.2, 0.25) is 0 Å². The van der Waals surface area contributed by atoms with E-state index in [4.69, 9.17) is 4.42 Å². The molecule has 1 nitrogen and oxygen atoms in total. The Hall–Kier alpha value is -5.14. The van der Waals surface area contributed by atoms with Gasteiger partial charge in [-0.25, -0.2) is 0 Å². The molecule has 0 spiro atoms. The molecule has 0 bridgehead atoms. The van der Waals surface area contributed by atoms with Crippen molar-refractivity contribution in [3.63, 3.8) is 0 Å². The van der Waals surface area contributed by atoms with E-state index in [0.717, 1.165) is 21.9 Å². The average Bonchev–Trinajstić information content (AvgIpc) is 3.37. The van der Waals surface area contributed by atoms with Gasteiger partial charge in [-0.2, -0.15) is 0 Å². The van der Waals surface area contributed by atoms with Gasteiger partial charge in [-0.15, -0.1) is 0 Å². The third kappa shape index (κ3) is 2.90. The number of para-hydroxylation sites is 1. The van der Waals surface area contributed by atoms with Crippen LogP contribution in [0.25, 0.3) is 87.3 Å². The minimum Gasteiger partial charge on any atom is -0.456 e. The lowest BCUT2D eigenvalue weighted by Gasteiger charge is -2.16. The van der Waals surface area contributed by atoms with Crippen molar-refractivity contribution < 1.29 is 4.42 Å². The summed E-state index contributed by atoms with van der Waals surface area (Å²) in [4.78, 5) is 0. The summed E-state index contributed by atoms with van der Waals surface area (Å²) < 4.78 is 6.10. The van der Waals surface area contributed by atoms with Gasteiger partial charge in [0.1, 0.15) is 11.2 Å². The predicted molar refractivity (Wildman–Crippen MR) is 166 cm³/mol. The Kier molecular flexibility index (Phi) is 4.11. The number of fused-ring (bicyclic) bond motifs is 4. The fraction of sp³-hybridized carbons (Fsp3) is 0. The summed E-state index contributed by atoms with van der Waals surface area (Å²) in [6.45, 7) is 0. The van der Waals surface area contributed by atoms with Crippen molar-refractivity contribution in [3.8, 4) is 22.3 Å². The summed E-state index contributed by atoms with van der Waals surface area (Å²) in [7, 11) is 0. The lowest BCUT2D eigenvalue weighted by molar-refractivity contribution is 0.669. The van der Waals surface area contributed by atoms with Crippen molar-refractivity contribution >= 4 is 65.0 Å². The van der Waals surface area contributed by atoms with Crippen LogP contribution in [0.4, 0.5) is 0 Å². The van der Waals surface area contributed by atoms with Gasteiger partial charge >= 0.3 is 0 Å². The lowest BCUT2D eigenvalue weighted by atomic mass is 9.87. The highest BCUT2D eigenvalue weighted by Crippen LogP contribution is 2.43. The molecule has 0 unspecified atom stereocenters. The molecule has 9 aromatic rings. The Labute approximate surface area is 224 Å². The molecule has 9 rings (SSSR count). The molecule has 180 valence electrons. The fourth-order valence-corrected chi connectivity index (χ4v) is 6.65. The molecule has 0 amide bonds. The van der Waals surface area contributed by atoms with Gasteiger partial charge in [0, 0.05) is 10.8 Å². The summed E-state index contributed by atoms with van der Waals surface area (Å²) >= 11 is 0. The zero-order chi connectivity index (χ0) is 25.5. The van der Waals surface area contributed by atoms with Crippen LogP contribution < -0.4 is 0 Å². The largest absolute Gasteiger partial charge is 0.456 e. The van der Waals surface area contributed by atoms with Crippen LogP contribution in [0.2, 0.25) is 0 Å². The van der Waals surface area contributed by atoms with Crippen LogP contribution in [0.1, 0.15) is 0 Å². The van der Waals surface area contributed by atoms with E-state index >= 15 is 0 Å². The summed E-state index contributed by atoms with van der Waals surface area (Å²) in [5.74, 6) is 0. The predicted octanol–water partition coefficient (Wildman–Crippen LogP) is 11.0. The molecule has 0 aliphatic heterocycles. The van der Waals surface area contributed by atoms with Crippen molar-refractivity contribution in [1.29, 1.82) is 0 Å². The van der Waals surface area contributed by atoms with E-state index in [1.165, 1.54) is 65.3 Å². The maximum Gasteiger partial charge on any atom is 0.135 e. The SMILES string of the molecule is c1cc2ccc3ccc(-c4ccc(-c5ccc6oc7ccccc7c6c5)c5ccccc45)c4ccc(c1)c2c34. The highest BCUT2D eigenvalue weighted by molar-refractivity contribution is 6.26. The number of rotatable bonds is 2. The molecular formula is C38H22O. The first-order valence-corrected chi connectivity index (χ1v) is 13.4. The summed E-state index contributed by atoms with van der Waals surface area (Å²) in [5, 5.41) is 12.7. The molecule has 39 heavy (non-hydrogen) atoms.